The number of phenolic OH excluding ortho intramolecular Hbond substituents is 1. The molecule has 2 aliphatic heterocycles. The van der Waals surface area contributed by atoms with E-state index in [1.807, 2.05) is 45.9 Å². The van der Waals surface area contributed by atoms with Gasteiger partial charge in [0.25, 0.3) is 5.91 Å². The number of carbonyl (C=O) groups is 1. The highest BCUT2D eigenvalue weighted by Gasteiger charge is 2.41. The maximum Gasteiger partial charge on any atom is 0.251 e. The van der Waals surface area contributed by atoms with Gasteiger partial charge in [-0.2, -0.15) is 5.26 Å². The van der Waals surface area contributed by atoms with E-state index in [4.69, 9.17) is 9.73 Å². The van der Waals surface area contributed by atoms with Crippen LogP contribution in [-0.2, 0) is 19.3 Å². The van der Waals surface area contributed by atoms with Gasteiger partial charge in [0.2, 0.25) is 0 Å². The van der Waals surface area contributed by atoms with Crippen molar-refractivity contribution in [3.05, 3.63) is 57.6 Å². The first-order chi connectivity index (χ1) is 14.6. The van der Waals surface area contributed by atoms with Crippen molar-refractivity contribution in [1.82, 2.24) is 5.32 Å². The molecule has 1 amide bonds. The highest BCUT2D eigenvalue weighted by atomic mass is 16.5. The standard InChI is InChI=1S/C25H27N3O3/c1-24(2)12-17-16(9-10-26)21(29)22-18(13-25(3,4)31-22)19(17)20(28-24)14-7-6-8-15(11-14)23(30)27-5/h6-8,11,29H,9,12-13H2,1-5H3,(H,27,30). The topological polar surface area (TPSA) is 94.7 Å². The van der Waals surface area contributed by atoms with Crippen LogP contribution in [0.1, 0.15) is 65.9 Å². The molecule has 0 bridgehead atoms. The summed E-state index contributed by atoms with van der Waals surface area (Å²) >= 11 is 0. The molecule has 160 valence electrons. The minimum absolute atomic E-state index is 0.0667. The van der Waals surface area contributed by atoms with Crippen molar-refractivity contribution in [2.45, 2.75) is 58.1 Å². The lowest BCUT2D eigenvalue weighted by Crippen LogP contribution is -2.31. The molecule has 4 rings (SSSR count). The molecule has 0 saturated carbocycles. The minimum atomic E-state index is -0.471. The molecule has 0 atom stereocenters. The van der Waals surface area contributed by atoms with Crippen LogP contribution >= 0.6 is 0 Å². The van der Waals surface area contributed by atoms with Gasteiger partial charge in [-0.05, 0) is 51.8 Å². The third-order valence-electron chi connectivity index (χ3n) is 5.87. The Balaban J connectivity index is 2.03. The zero-order chi connectivity index (χ0) is 22.6. The van der Waals surface area contributed by atoms with Gasteiger partial charge in [0.05, 0.1) is 23.7 Å². The van der Waals surface area contributed by atoms with E-state index in [1.165, 1.54) is 0 Å². The Labute approximate surface area is 182 Å². The van der Waals surface area contributed by atoms with Crippen LogP contribution in [0.15, 0.2) is 29.3 Å². The fraction of sp³-hybridized carbons (Fsp3) is 0.400. The SMILES string of the molecule is CNC(=O)c1cccc(C2=NC(C)(C)Cc3c(CC#N)c(O)c4c(c32)CC(C)(C)O4)c1. The quantitative estimate of drug-likeness (QED) is 0.796. The third kappa shape index (κ3) is 3.54. The number of nitrogens with zero attached hydrogens (tertiary/aromatic N) is 2. The van der Waals surface area contributed by atoms with Crippen LogP contribution < -0.4 is 10.1 Å². The maximum atomic E-state index is 12.2. The summed E-state index contributed by atoms with van der Waals surface area (Å²) < 4.78 is 6.12. The summed E-state index contributed by atoms with van der Waals surface area (Å²) in [7, 11) is 1.61. The van der Waals surface area contributed by atoms with Crippen LogP contribution in [0.25, 0.3) is 0 Å². The molecule has 0 aromatic heterocycles. The highest BCUT2D eigenvalue weighted by molar-refractivity contribution is 6.17. The van der Waals surface area contributed by atoms with E-state index in [9.17, 15) is 15.2 Å². The molecule has 2 aliphatic rings. The molecule has 2 aromatic rings. The Morgan fingerprint density at radius 3 is 2.68 bits per heavy atom. The number of carbonyl (C=O) groups excluding carboxylic acids is 1. The molecule has 0 fully saturated rings. The number of aromatic hydroxyl groups is 1. The van der Waals surface area contributed by atoms with Crippen LogP contribution in [0.2, 0.25) is 0 Å². The summed E-state index contributed by atoms with van der Waals surface area (Å²) in [6, 6.07) is 9.60. The summed E-state index contributed by atoms with van der Waals surface area (Å²) in [6.07, 6.45) is 1.33. The summed E-state index contributed by atoms with van der Waals surface area (Å²) in [6.45, 7) is 8.05. The van der Waals surface area contributed by atoms with Crippen molar-refractivity contribution in [2.75, 3.05) is 7.05 Å². The van der Waals surface area contributed by atoms with Gasteiger partial charge in [-0.1, -0.05) is 12.1 Å². The Hall–Kier alpha value is -3.33. The fourth-order valence-corrected chi connectivity index (χ4v) is 4.63. The smallest absolute Gasteiger partial charge is 0.251 e. The molecule has 0 aliphatic carbocycles. The second-order valence-electron chi connectivity index (χ2n) is 9.47. The maximum absolute atomic E-state index is 12.2. The number of amides is 1. The van der Waals surface area contributed by atoms with Crippen molar-refractivity contribution in [3.8, 4) is 17.6 Å². The Kier molecular flexibility index (Phi) is 4.81. The van der Waals surface area contributed by atoms with Gasteiger partial charge in [-0.3, -0.25) is 9.79 Å². The molecule has 0 spiro atoms. The summed E-state index contributed by atoms with van der Waals surface area (Å²) in [5, 5.41) is 23.2. The average molecular weight is 418 g/mol. The lowest BCUT2D eigenvalue weighted by atomic mass is 9.78. The number of phenols is 1. The number of benzene rings is 2. The number of nitriles is 1. The van der Waals surface area contributed by atoms with Gasteiger partial charge < -0.3 is 15.2 Å². The number of hydrogen-bond donors (Lipinski definition) is 2. The number of nitrogens with one attached hydrogen (secondary N) is 1. The third-order valence-corrected chi connectivity index (χ3v) is 5.87. The van der Waals surface area contributed by atoms with Gasteiger partial charge in [-0.25, -0.2) is 0 Å². The predicted molar refractivity (Wildman–Crippen MR) is 119 cm³/mol. The Morgan fingerprint density at radius 1 is 1.26 bits per heavy atom. The second-order valence-corrected chi connectivity index (χ2v) is 9.47. The van der Waals surface area contributed by atoms with E-state index in [-0.39, 0.29) is 18.1 Å². The highest BCUT2D eigenvalue weighted by Crippen LogP contribution is 2.50. The molecule has 0 radical (unpaired) electrons. The summed E-state index contributed by atoms with van der Waals surface area (Å²) in [5.74, 6) is 0.351. The van der Waals surface area contributed by atoms with E-state index >= 15 is 0 Å². The summed E-state index contributed by atoms with van der Waals surface area (Å²) in [4.78, 5) is 17.3. The first-order valence-corrected chi connectivity index (χ1v) is 10.4. The van der Waals surface area contributed by atoms with Gasteiger partial charge >= 0.3 is 0 Å². The molecule has 6 heteroatoms. The number of hydrogen-bond acceptors (Lipinski definition) is 5. The van der Waals surface area contributed by atoms with Crippen molar-refractivity contribution in [1.29, 1.82) is 5.26 Å². The zero-order valence-corrected chi connectivity index (χ0v) is 18.6. The van der Waals surface area contributed by atoms with Gasteiger partial charge in [0.15, 0.2) is 11.5 Å². The molecule has 31 heavy (non-hydrogen) atoms. The Bertz CT molecular complexity index is 1170. The van der Waals surface area contributed by atoms with E-state index in [0.717, 1.165) is 28.0 Å². The molecule has 2 N–H and O–H groups in total. The predicted octanol–water partition coefficient (Wildman–Crippen LogP) is 3.70. The van der Waals surface area contributed by atoms with E-state index in [0.29, 0.717) is 29.7 Å². The van der Waals surface area contributed by atoms with Crippen LogP contribution in [0.5, 0.6) is 11.5 Å². The van der Waals surface area contributed by atoms with Crippen molar-refractivity contribution < 1.29 is 14.6 Å². The van der Waals surface area contributed by atoms with E-state index in [1.54, 1.807) is 13.1 Å². The van der Waals surface area contributed by atoms with Crippen molar-refractivity contribution >= 4 is 11.6 Å². The van der Waals surface area contributed by atoms with Crippen LogP contribution in [-0.4, -0.2) is 34.9 Å². The van der Waals surface area contributed by atoms with Crippen LogP contribution in [0.4, 0.5) is 0 Å². The number of fused-ring (bicyclic) bond motifs is 3. The zero-order valence-electron chi connectivity index (χ0n) is 18.6. The Morgan fingerprint density at radius 2 is 2.00 bits per heavy atom. The molecule has 0 unspecified atom stereocenters. The molecular formula is C25H27N3O3. The van der Waals surface area contributed by atoms with Crippen molar-refractivity contribution in [2.24, 2.45) is 4.99 Å². The minimum Gasteiger partial charge on any atom is -0.504 e. The van der Waals surface area contributed by atoms with Crippen LogP contribution in [0, 0.1) is 11.3 Å². The largest absolute Gasteiger partial charge is 0.504 e. The number of ether oxygens (including phenoxy) is 1. The molecule has 2 aromatic carbocycles. The van der Waals surface area contributed by atoms with Crippen molar-refractivity contribution in [3.63, 3.8) is 0 Å². The normalized spacial score (nSPS) is 17.6. The van der Waals surface area contributed by atoms with Crippen LogP contribution in [0.3, 0.4) is 0 Å². The summed E-state index contributed by atoms with van der Waals surface area (Å²) in [5.41, 5.74) is 4.65. The van der Waals surface area contributed by atoms with Gasteiger partial charge in [0.1, 0.15) is 5.60 Å². The fourth-order valence-electron chi connectivity index (χ4n) is 4.63. The molecule has 0 saturated heterocycles. The first kappa shape index (κ1) is 20.9. The average Bonchev–Trinajstić information content (AvgIpc) is 3.04. The number of aliphatic imine (C=N–C) groups is 1. The van der Waals surface area contributed by atoms with Gasteiger partial charge in [-0.15, -0.1) is 0 Å². The lowest BCUT2D eigenvalue weighted by molar-refractivity contribution is 0.0963. The molecule has 2 heterocycles. The van der Waals surface area contributed by atoms with E-state index in [2.05, 4.69) is 11.4 Å². The van der Waals surface area contributed by atoms with E-state index < -0.39 is 11.1 Å². The second kappa shape index (κ2) is 7.12. The monoisotopic (exact) mass is 417 g/mol. The first-order valence-electron chi connectivity index (χ1n) is 10.4. The number of rotatable bonds is 3. The van der Waals surface area contributed by atoms with Gasteiger partial charge in [0, 0.05) is 41.3 Å². The molecular weight excluding hydrogens is 390 g/mol. The molecule has 6 nitrogen and oxygen atoms in total. The lowest BCUT2D eigenvalue weighted by Gasteiger charge is -2.32.